The molecule has 19 heavy (non-hydrogen) atoms. The number of benzene rings is 1. The highest BCUT2D eigenvalue weighted by atomic mass is 16.5. The van der Waals surface area contributed by atoms with Crippen LogP contribution in [0.1, 0.15) is 23.7 Å². The Hall–Kier alpha value is -2.30. The summed E-state index contributed by atoms with van der Waals surface area (Å²) < 4.78 is 4.78. The molecular weight excluding hydrogens is 244 g/mol. The SMILES string of the molecule is CCOC(=O)CCNC(=O)c1ccc2[nH]ccc2c1. The van der Waals surface area contributed by atoms with Crippen molar-refractivity contribution >= 4 is 22.8 Å². The molecule has 1 heterocycles. The van der Waals surface area contributed by atoms with Gasteiger partial charge < -0.3 is 15.0 Å². The van der Waals surface area contributed by atoms with Crippen molar-refractivity contribution in [2.24, 2.45) is 0 Å². The summed E-state index contributed by atoms with van der Waals surface area (Å²) in [6.07, 6.45) is 2.01. The Balaban J connectivity index is 1.90. The second kappa shape index (κ2) is 6.04. The summed E-state index contributed by atoms with van der Waals surface area (Å²) in [7, 11) is 0. The van der Waals surface area contributed by atoms with Gasteiger partial charge in [-0.05, 0) is 31.2 Å². The molecular formula is C14H16N2O3. The highest BCUT2D eigenvalue weighted by Crippen LogP contribution is 2.14. The minimum atomic E-state index is -0.302. The van der Waals surface area contributed by atoms with Crippen molar-refractivity contribution in [1.29, 1.82) is 0 Å². The number of ether oxygens (including phenoxy) is 1. The molecule has 2 N–H and O–H groups in total. The number of hydrogen-bond acceptors (Lipinski definition) is 3. The summed E-state index contributed by atoms with van der Waals surface area (Å²) in [4.78, 5) is 26.1. The van der Waals surface area contributed by atoms with Crippen molar-refractivity contribution < 1.29 is 14.3 Å². The number of carbonyl (C=O) groups is 2. The van der Waals surface area contributed by atoms with Crippen LogP contribution in [0.3, 0.4) is 0 Å². The molecule has 0 unspecified atom stereocenters. The summed E-state index contributed by atoms with van der Waals surface area (Å²) in [5.41, 5.74) is 1.57. The maximum atomic E-state index is 11.9. The monoisotopic (exact) mass is 260 g/mol. The second-order valence-corrected chi connectivity index (χ2v) is 4.09. The molecule has 0 fully saturated rings. The molecule has 1 amide bonds. The summed E-state index contributed by atoms with van der Waals surface area (Å²) in [6, 6.07) is 7.32. The Kier molecular flexibility index (Phi) is 4.18. The lowest BCUT2D eigenvalue weighted by Gasteiger charge is -2.05. The molecule has 2 aromatic rings. The maximum absolute atomic E-state index is 11.9. The number of rotatable bonds is 5. The van der Waals surface area contributed by atoms with Gasteiger partial charge in [-0.1, -0.05) is 0 Å². The smallest absolute Gasteiger partial charge is 0.307 e. The second-order valence-electron chi connectivity index (χ2n) is 4.09. The molecule has 5 nitrogen and oxygen atoms in total. The van der Waals surface area contributed by atoms with Crippen LogP contribution in [0.15, 0.2) is 30.5 Å². The zero-order chi connectivity index (χ0) is 13.7. The number of fused-ring (bicyclic) bond motifs is 1. The van der Waals surface area contributed by atoms with Gasteiger partial charge in [0, 0.05) is 29.2 Å². The van der Waals surface area contributed by atoms with Crippen molar-refractivity contribution in [2.75, 3.05) is 13.2 Å². The van der Waals surface area contributed by atoms with Crippen LogP contribution in [0.25, 0.3) is 10.9 Å². The third-order valence-electron chi connectivity index (χ3n) is 2.74. The average Bonchev–Trinajstić information content (AvgIpc) is 2.86. The molecule has 100 valence electrons. The molecule has 0 aliphatic rings. The number of aromatic nitrogens is 1. The van der Waals surface area contributed by atoms with Gasteiger partial charge in [0.15, 0.2) is 0 Å². The first-order valence-electron chi connectivity index (χ1n) is 6.21. The van der Waals surface area contributed by atoms with Crippen molar-refractivity contribution in [1.82, 2.24) is 10.3 Å². The van der Waals surface area contributed by atoms with Gasteiger partial charge in [-0.3, -0.25) is 9.59 Å². The highest BCUT2D eigenvalue weighted by Gasteiger charge is 2.07. The molecule has 0 atom stereocenters. The summed E-state index contributed by atoms with van der Waals surface area (Å²) in [6.45, 7) is 2.39. The van der Waals surface area contributed by atoms with E-state index >= 15 is 0 Å². The van der Waals surface area contributed by atoms with Crippen LogP contribution in [0.2, 0.25) is 0 Å². The van der Waals surface area contributed by atoms with E-state index in [4.69, 9.17) is 4.74 Å². The minimum absolute atomic E-state index is 0.186. The molecule has 0 saturated carbocycles. The van der Waals surface area contributed by atoms with Gasteiger partial charge in [0.2, 0.25) is 0 Å². The van der Waals surface area contributed by atoms with Gasteiger partial charge in [0.1, 0.15) is 0 Å². The molecule has 0 spiro atoms. The lowest BCUT2D eigenvalue weighted by molar-refractivity contribution is -0.142. The Morgan fingerprint density at radius 2 is 2.16 bits per heavy atom. The third kappa shape index (κ3) is 3.34. The predicted molar refractivity (Wildman–Crippen MR) is 71.9 cm³/mol. The molecule has 0 bridgehead atoms. The summed E-state index contributed by atoms with van der Waals surface area (Å²) in [5.74, 6) is -0.490. The number of hydrogen-bond donors (Lipinski definition) is 2. The Morgan fingerprint density at radius 3 is 2.95 bits per heavy atom. The van der Waals surface area contributed by atoms with E-state index in [1.807, 2.05) is 24.4 Å². The Labute approximate surface area is 110 Å². The van der Waals surface area contributed by atoms with Crippen molar-refractivity contribution in [2.45, 2.75) is 13.3 Å². The topological polar surface area (TPSA) is 71.2 Å². The van der Waals surface area contributed by atoms with E-state index < -0.39 is 0 Å². The van der Waals surface area contributed by atoms with E-state index in [-0.39, 0.29) is 24.8 Å². The first kappa shape index (κ1) is 13.1. The fourth-order valence-electron chi connectivity index (χ4n) is 1.81. The average molecular weight is 260 g/mol. The molecule has 1 aromatic carbocycles. The molecule has 0 aliphatic carbocycles. The van der Waals surface area contributed by atoms with E-state index in [9.17, 15) is 9.59 Å². The van der Waals surface area contributed by atoms with Gasteiger partial charge >= 0.3 is 5.97 Å². The Morgan fingerprint density at radius 1 is 1.32 bits per heavy atom. The van der Waals surface area contributed by atoms with Crippen LogP contribution >= 0.6 is 0 Å². The van der Waals surface area contributed by atoms with Crippen LogP contribution in [-0.2, 0) is 9.53 Å². The third-order valence-corrected chi connectivity index (χ3v) is 2.74. The van der Waals surface area contributed by atoms with Crippen LogP contribution in [-0.4, -0.2) is 30.0 Å². The first-order valence-corrected chi connectivity index (χ1v) is 6.21. The van der Waals surface area contributed by atoms with E-state index in [0.29, 0.717) is 12.2 Å². The molecule has 2 rings (SSSR count). The molecule has 0 saturated heterocycles. The zero-order valence-corrected chi connectivity index (χ0v) is 10.7. The van der Waals surface area contributed by atoms with Gasteiger partial charge in [-0.25, -0.2) is 0 Å². The van der Waals surface area contributed by atoms with Crippen LogP contribution in [0.4, 0.5) is 0 Å². The van der Waals surface area contributed by atoms with Crippen LogP contribution < -0.4 is 5.32 Å². The van der Waals surface area contributed by atoms with Gasteiger partial charge in [-0.2, -0.15) is 0 Å². The lowest BCUT2D eigenvalue weighted by atomic mass is 10.1. The van der Waals surface area contributed by atoms with Crippen molar-refractivity contribution in [3.8, 4) is 0 Å². The first-order chi connectivity index (χ1) is 9.20. The van der Waals surface area contributed by atoms with E-state index in [1.165, 1.54) is 0 Å². The number of nitrogens with one attached hydrogen (secondary N) is 2. The number of amides is 1. The minimum Gasteiger partial charge on any atom is -0.466 e. The predicted octanol–water partition coefficient (Wildman–Crippen LogP) is 1.85. The number of aromatic amines is 1. The normalized spacial score (nSPS) is 10.4. The quantitative estimate of drug-likeness (QED) is 0.806. The fourth-order valence-corrected chi connectivity index (χ4v) is 1.81. The number of H-pyrrole nitrogens is 1. The standard InChI is InChI=1S/C14H16N2O3/c1-2-19-13(17)6-8-16-14(18)11-3-4-12-10(9-11)5-7-15-12/h3-5,7,9,15H,2,6,8H2,1H3,(H,16,18). The fraction of sp³-hybridized carbons (Fsp3) is 0.286. The summed E-state index contributed by atoms with van der Waals surface area (Å²) in [5, 5.41) is 3.68. The molecule has 0 aliphatic heterocycles. The summed E-state index contributed by atoms with van der Waals surface area (Å²) >= 11 is 0. The molecule has 0 radical (unpaired) electrons. The van der Waals surface area contributed by atoms with E-state index in [1.54, 1.807) is 13.0 Å². The highest BCUT2D eigenvalue weighted by molar-refractivity contribution is 5.98. The van der Waals surface area contributed by atoms with Gasteiger partial charge in [-0.15, -0.1) is 0 Å². The maximum Gasteiger partial charge on any atom is 0.307 e. The largest absolute Gasteiger partial charge is 0.466 e. The number of esters is 1. The van der Waals surface area contributed by atoms with Crippen LogP contribution in [0.5, 0.6) is 0 Å². The van der Waals surface area contributed by atoms with Gasteiger partial charge in [0.05, 0.1) is 13.0 Å². The molecule has 1 aromatic heterocycles. The van der Waals surface area contributed by atoms with E-state index in [2.05, 4.69) is 10.3 Å². The van der Waals surface area contributed by atoms with Crippen LogP contribution in [0, 0.1) is 0 Å². The van der Waals surface area contributed by atoms with E-state index in [0.717, 1.165) is 10.9 Å². The Bertz CT molecular complexity index is 589. The number of carbonyl (C=O) groups excluding carboxylic acids is 2. The van der Waals surface area contributed by atoms with Crippen molar-refractivity contribution in [3.05, 3.63) is 36.0 Å². The van der Waals surface area contributed by atoms with Crippen molar-refractivity contribution in [3.63, 3.8) is 0 Å². The lowest BCUT2D eigenvalue weighted by Crippen LogP contribution is -2.26. The zero-order valence-electron chi connectivity index (χ0n) is 10.7. The molecule has 5 heteroatoms. The van der Waals surface area contributed by atoms with Gasteiger partial charge in [0.25, 0.3) is 5.91 Å².